The van der Waals surface area contributed by atoms with Gasteiger partial charge in [-0.1, -0.05) is 12.1 Å². The maximum Gasteiger partial charge on any atom is 0.251 e. The van der Waals surface area contributed by atoms with Gasteiger partial charge in [0.15, 0.2) is 0 Å². The molecule has 0 atom stereocenters. The van der Waals surface area contributed by atoms with Crippen LogP contribution in [0.5, 0.6) is 5.75 Å². The second-order valence-electron chi connectivity index (χ2n) is 5.61. The summed E-state index contributed by atoms with van der Waals surface area (Å²) in [6, 6.07) is 15.1. The number of ether oxygens (including phenoxy) is 1. The summed E-state index contributed by atoms with van der Waals surface area (Å²) < 4.78 is 5.12. The lowest BCUT2D eigenvalue weighted by molar-refractivity contribution is -0.120. The number of carbonyl (C=O) groups excluding carboxylic acids is 2. The lowest BCUT2D eigenvalue weighted by Crippen LogP contribution is -2.24. The van der Waals surface area contributed by atoms with Gasteiger partial charge in [-0.2, -0.15) is 0 Å². The second kappa shape index (κ2) is 10.5. The van der Waals surface area contributed by atoms with Gasteiger partial charge in [0.1, 0.15) is 5.75 Å². The first-order chi connectivity index (χ1) is 12.6. The highest BCUT2D eigenvalue weighted by Crippen LogP contribution is 2.21. The number of hydrogen-bond donors (Lipinski definition) is 2. The molecule has 0 aliphatic carbocycles. The number of amides is 2. The van der Waals surface area contributed by atoms with Gasteiger partial charge < -0.3 is 15.4 Å². The molecule has 2 aromatic carbocycles. The van der Waals surface area contributed by atoms with Crippen LogP contribution in [0.15, 0.2) is 53.4 Å². The Morgan fingerprint density at radius 2 is 1.85 bits per heavy atom. The predicted molar refractivity (Wildman–Crippen MR) is 105 cm³/mol. The van der Waals surface area contributed by atoms with Gasteiger partial charge in [-0.25, -0.2) is 0 Å². The summed E-state index contributed by atoms with van der Waals surface area (Å²) in [4.78, 5) is 25.0. The van der Waals surface area contributed by atoms with E-state index in [0.717, 1.165) is 16.2 Å². The van der Waals surface area contributed by atoms with Crippen molar-refractivity contribution in [3.05, 3.63) is 59.7 Å². The molecule has 0 unspecified atom stereocenters. The highest BCUT2D eigenvalue weighted by molar-refractivity contribution is 7.99. The average molecular weight is 372 g/mol. The van der Waals surface area contributed by atoms with Crippen molar-refractivity contribution in [1.82, 2.24) is 10.6 Å². The molecule has 26 heavy (non-hydrogen) atoms. The molecular weight excluding hydrogens is 348 g/mol. The minimum Gasteiger partial charge on any atom is -0.497 e. The Balaban J connectivity index is 1.74. The van der Waals surface area contributed by atoms with Crippen molar-refractivity contribution in [2.24, 2.45) is 0 Å². The third-order valence-electron chi connectivity index (χ3n) is 3.67. The summed E-state index contributed by atoms with van der Waals surface area (Å²) >= 11 is 1.63. The molecule has 0 heterocycles. The third kappa shape index (κ3) is 6.44. The Bertz CT molecular complexity index is 732. The average Bonchev–Trinajstić information content (AvgIpc) is 2.67. The number of hydrogen-bond acceptors (Lipinski definition) is 4. The summed E-state index contributed by atoms with van der Waals surface area (Å²) in [5.41, 5.74) is 1.51. The largest absolute Gasteiger partial charge is 0.497 e. The topological polar surface area (TPSA) is 67.4 Å². The van der Waals surface area contributed by atoms with Gasteiger partial charge in [0.2, 0.25) is 5.91 Å². The minimum absolute atomic E-state index is 0.00516. The maximum atomic E-state index is 12.0. The van der Waals surface area contributed by atoms with Crippen molar-refractivity contribution >= 4 is 23.6 Å². The monoisotopic (exact) mass is 372 g/mol. The fraction of sp³-hybridized carbons (Fsp3) is 0.300. The third-order valence-corrected chi connectivity index (χ3v) is 4.69. The van der Waals surface area contributed by atoms with Gasteiger partial charge in [-0.3, -0.25) is 9.59 Å². The molecule has 0 radical (unpaired) electrons. The molecule has 0 bridgehead atoms. The van der Waals surface area contributed by atoms with Crippen LogP contribution in [0.2, 0.25) is 0 Å². The summed E-state index contributed by atoms with van der Waals surface area (Å²) in [6.07, 6.45) is 0.437. The lowest BCUT2D eigenvalue weighted by Gasteiger charge is -2.08. The molecular formula is C20H24N2O3S. The van der Waals surface area contributed by atoms with Crippen LogP contribution in [0, 0.1) is 0 Å². The number of benzene rings is 2. The SMILES string of the molecule is CCNC(=O)c1cccc(CNC(=O)CCSc2ccc(OC)cc2)c1. The molecule has 0 saturated heterocycles. The summed E-state index contributed by atoms with van der Waals surface area (Å²) in [7, 11) is 1.64. The Morgan fingerprint density at radius 3 is 2.54 bits per heavy atom. The Hall–Kier alpha value is -2.47. The van der Waals surface area contributed by atoms with Crippen LogP contribution >= 0.6 is 11.8 Å². The maximum absolute atomic E-state index is 12.0. The molecule has 2 N–H and O–H groups in total. The van der Waals surface area contributed by atoms with Crippen LogP contribution in [-0.4, -0.2) is 31.2 Å². The fourth-order valence-electron chi connectivity index (χ4n) is 2.31. The van der Waals surface area contributed by atoms with E-state index in [1.807, 2.05) is 43.3 Å². The molecule has 6 heteroatoms. The molecule has 0 aromatic heterocycles. The highest BCUT2D eigenvalue weighted by Gasteiger charge is 2.06. The zero-order chi connectivity index (χ0) is 18.8. The number of methoxy groups -OCH3 is 1. The molecule has 5 nitrogen and oxygen atoms in total. The van der Waals surface area contributed by atoms with Crippen molar-refractivity contribution in [2.45, 2.75) is 24.8 Å². The van der Waals surface area contributed by atoms with Crippen molar-refractivity contribution in [2.75, 3.05) is 19.4 Å². The smallest absolute Gasteiger partial charge is 0.251 e. The van der Waals surface area contributed by atoms with Crippen molar-refractivity contribution in [3.8, 4) is 5.75 Å². The first-order valence-corrected chi connectivity index (χ1v) is 9.51. The van der Waals surface area contributed by atoms with Gasteiger partial charge in [-0.15, -0.1) is 11.8 Å². The number of carbonyl (C=O) groups is 2. The molecule has 2 aromatic rings. The Morgan fingerprint density at radius 1 is 1.08 bits per heavy atom. The lowest BCUT2D eigenvalue weighted by atomic mass is 10.1. The van der Waals surface area contributed by atoms with E-state index in [2.05, 4.69) is 10.6 Å². The molecule has 0 fully saturated rings. The summed E-state index contributed by atoms with van der Waals surface area (Å²) in [6.45, 7) is 2.89. The van der Waals surface area contributed by atoms with Gasteiger partial charge in [0.05, 0.1) is 7.11 Å². The highest BCUT2D eigenvalue weighted by atomic mass is 32.2. The van der Waals surface area contributed by atoms with Crippen molar-refractivity contribution < 1.29 is 14.3 Å². The summed E-state index contributed by atoms with van der Waals surface area (Å²) in [5, 5.41) is 5.67. The van der Waals surface area contributed by atoms with Gasteiger partial charge in [-0.05, 0) is 48.9 Å². The molecule has 0 aliphatic rings. The van der Waals surface area contributed by atoms with Gasteiger partial charge in [0.25, 0.3) is 5.91 Å². The Kier molecular flexibility index (Phi) is 8.02. The van der Waals surface area contributed by atoms with Gasteiger partial charge in [0, 0.05) is 35.7 Å². The number of thioether (sulfide) groups is 1. The molecule has 2 rings (SSSR count). The molecule has 0 spiro atoms. The quantitative estimate of drug-likeness (QED) is 0.663. The van der Waals surface area contributed by atoms with E-state index in [9.17, 15) is 9.59 Å². The van der Waals surface area contributed by atoms with E-state index in [0.29, 0.717) is 30.8 Å². The van der Waals surface area contributed by atoms with Crippen LogP contribution in [0.25, 0.3) is 0 Å². The first-order valence-electron chi connectivity index (χ1n) is 8.53. The molecule has 138 valence electrons. The van der Waals surface area contributed by atoms with E-state index >= 15 is 0 Å². The predicted octanol–water partition coefficient (Wildman–Crippen LogP) is 3.24. The van der Waals surface area contributed by atoms with E-state index < -0.39 is 0 Å². The van der Waals surface area contributed by atoms with Crippen LogP contribution in [0.1, 0.15) is 29.3 Å². The molecule has 0 saturated carbocycles. The van der Waals surface area contributed by atoms with Crippen LogP contribution in [-0.2, 0) is 11.3 Å². The van der Waals surface area contributed by atoms with Crippen molar-refractivity contribution in [1.29, 1.82) is 0 Å². The fourth-order valence-corrected chi connectivity index (χ4v) is 3.16. The van der Waals surface area contributed by atoms with Crippen LogP contribution < -0.4 is 15.4 Å². The van der Waals surface area contributed by atoms with Gasteiger partial charge >= 0.3 is 0 Å². The zero-order valence-electron chi connectivity index (χ0n) is 15.1. The molecule has 0 aliphatic heterocycles. The van der Waals surface area contributed by atoms with E-state index in [-0.39, 0.29) is 11.8 Å². The zero-order valence-corrected chi connectivity index (χ0v) is 15.9. The number of rotatable bonds is 9. The van der Waals surface area contributed by atoms with E-state index in [1.54, 1.807) is 31.0 Å². The standard InChI is InChI=1S/C20H24N2O3S/c1-3-21-20(24)16-6-4-5-15(13-16)14-22-19(23)11-12-26-18-9-7-17(25-2)8-10-18/h4-10,13H,3,11-12,14H2,1-2H3,(H,21,24)(H,22,23). The van der Waals surface area contributed by atoms with E-state index in [1.165, 1.54) is 0 Å². The summed E-state index contributed by atoms with van der Waals surface area (Å²) in [5.74, 6) is 1.42. The minimum atomic E-state index is -0.100. The van der Waals surface area contributed by atoms with E-state index in [4.69, 9.17) is 4.74 Å². The second-order valence-corrected chi connectivity index (χ2v) is 6.78. The van der Waals surface area contributed by atoms with Crippen LogP contribution in [0.3, 0.4) is 0 Å². The number of nitrogens with one attached hydrogen (secondary N) is 2. The normalized spacial score (nSPS) is 10.2. The Labute approximate surface area is 158 Å². The molecule has 2 amide bonds. The van der Waals surface area contributed by atoms with Crippen LogP contribution in [0.4, 0.5) is 0 Å². The van der Waals surface area contributed by atoms with Crippen molar-refractivity contribution in [3.63, 3.8) is 0 Å². The first kappa shape index (κ1) is 19.8.